The highest BCUT2D eigenvalue weighted by atomic mass is 35.5. The number of fused-ring (bicyclic) bond motifs is 1. The Morgan fingerprint density at radius 1 is 0.773 bits per heavy atom. The van der Waals surface area contributed by atoms with E-state index in [9.17, 15) is 0 Å². The van der Waals surface area contributed by atoms with Gasteiger partial charge in [0.1, 0.15) is 0 Å². The third-order valence-electron chi connectivity index (χ3n) is 4.29. The minimum absolute atomic E-state index is 0.802. The maximum Gasteiger partial charge on any atom is 0.0520 e. The van der Waals surface area contributed by atoms with Crippen LogP contribution in [0.2, 0.25) is 5.02 Å². The number of nitrogens with zero attached hydrogens (tertiary/aromatic N) is 3. The van der Waals surface area contributed by atoms with Crippen LogP contribution in [0.3, 0.4) is 0 Å². The van der Waals surface area contributed by atoms with Crippen molar-refractivity contribution >= 4 is 28.1 Å². The van der Waals surface area contributed by atoms with Gasteiger partial charge in [-0.3, -0.25) is 4.68 Å². The van der Waals surface area contributed by atoms with Gasteiger partial charge in [-0.2, -0.15) is 0 Å². The Morgan fingerprint density at radius 3 is 2.09 bits per heavy atom. The molecule has 0 bridgehead atoms. The van der Waals surface area contributed by atoms with Gasteiger partial charge in [0.2, 0.25) is 0 Å². The van der Waals surface area contributed by atoms with Crippen molar-refractivity contribution in [2.24, 2.45) is 0 Å². The molecule has 0 spiro atoms. The van der Waals surface area contributed by atoms with Gasteiger partial charge in [-0.1, -0.05) is 41.9 Å². The predicted molar refractivity (Wildman–Crippen MR) is 93.6 cm³/mol. The van der Waals surface area contributed by atoms with Crippen LogP contribution in [0.5, 0.6) is 0 Å². The molecule has 1 aromatic heterocycles. The predicted octanol–water partition coefficient (Wildman–Crippen LogP) is 3.75. The molecule has 1 saturated heterocycles. The van der Waals surface area contributed by atoms with Gasteiger partial charge in [0.15, 0.2) is 0 Å². The van der Waals surface area contributed by atoms with E-state index < -0.39 is 0 Å². The summed E-state index contributed by atoms with van der Waals surface area (Å²) in [4.78, 5) is 2.39. The van der Waals surface area contributed by atoms with Crippen LogP contribution in [-0.4, -0.2) is 30.9 Å². The first-order chi connectivity index (χ1) is 10.8. The molecule has 112 valence electrons. The first-order valence-corrected chi connectivity index (χ1v) is 8.00. The van der Waals surface area contributed by atoms with E-state index in [1.54, 1.807) is 0 Å². The van der Waals surface area contributed by atoms with Crippen LogP contribution in [0.25, 0.3) is 10.8 Å². The summed E-state index contributed by atoms with van der Waals surface area (Å²) in [6.07, 6.45) is 4.43. The summed E-state index contributed by atoms with van der Waals surface area (Å²) in [7, 11) is 0. The fraction of sp³-hybridized carbons (Fsp3) is 0.222. The molecule has 4 rings (SSSR count). The number of hydrogen-bond donors (Lipinski definition) is 0. The number of aromatic nitrogens is 1. The van der Waals surface area contributed by atoms with E-state index >= 15 is 0 Å². The van der Waals surface area contributed by atoms with Crippen molar-refractivity contribution in [2.75, 3.05) is 36.1 Å². The molecular weight excluding hydrogens is 294 g/mol. The van der Waals surface area contributed by atoms with Crippen LogP contribution in [-0.2, 0) is 0 Å². The number of piperazine rings is 1. The van der Waals surface area contributed by atoms with Crippen LogP contribution in [0.4, 0.5) is 5.69 Å². The average molecular weight is 312 g/mol. The fourth-order valence-electron chi connectivity index (χ4n) is 3.09. The van der Waals surface area contributed by atoms with Crippen molar-refractivity contribution < 1.29 is 0 Å². The summed E-state index contributed by atoms with van der Waals surface area (Å²) >= 11 is 6.09. The lowest BCUT2D eigenvalue weighted by molar-refractivity contribution is 0.531. The molecule has 0 N–H and O–H groups in total. The van der Waals surface area contributed by atoms with E-state index in [2.05, 4.69) is 57.3 Å². The molecule has 1 fully saturated rings. The summed E-state index contributed by atoms with van der Waals surface area (Å²) in [5.74, 6) is 0. The van der Waals surface area contributed by atoms with E-state index in [0.29, 0.717) is 0 Å². The molecule has 0 atom stereocenters. The van der Waals surface area contributed by atoms with Gasteiger partial charge in [-0.25, -0.2) is 0 Å². The lowest BCUT2D eigenvalue weighted by Gasteiger charge is -2.37. The standard InChI is InChI=1S/C18H18ClN3/c19-17-6-3-7-18(12-17)20-8-10-21(11-9-20)22-13-15-4-1-2-5-16(15)14-22/h1-7,12-14H,8-11H2. The van der Waals surface area contributed by atoms with E-state index in [-0.39, 0.29) is 0 Å². The van der Waals surface area contributed by atoms with Crippen molar-refractivity contribution in [3.05, 3.63) is 65.9 Å². The molecule has 1 aliphatic heterocycles. The van der Waals surface area contributed by atoms with E-state index in [1.165, 1.54) is 16.5 Å². The third-order valence-corrected chi connectivity index (χ3v) is 4.53. The Hall–Kier alpha value is -2.13. The van der Waals surface area contributed by atoms with Gasteiger partial charge in [0.25, 0.3) is 0 Å². The first-order valence-electron chi connectivity index (χ1n) is 7.62. The van der Waals surface area contributed by atoms with Crippen LogP contribution in [0.1, 0.15) is 0 Å². The van der Waals surface area contributed by atoms with Crippen LogP contribution < -0.4 is 9.91 Å². The first kappa shape index (κ1) is 13.5. The highest BCUT2D eigenvalue weighted by Crippen LogP contribution is 2.21. The van der Waals surface area contributed by atoms with E-state index in [0.717, 1.165) is 31.2 Å². The van der Waals surface area contributed by atoms with Gasteiger partial charge >= 0.3 is 0 Å². The second kappa shape index (κ2) is 5.58. The summed E-state index contributed by atoms with van der Waals surface area (Å²) in [6.45, 7) is 4.03. The molecule has 0 radical (unpaired) electrons. The SMILES string of the molecule is Clc1cccc(N2CCN(n3cc4ccccc4c3)CC2)c1. The lowest BCUT2D eigenvalue weighted by atomic mass is 10.2. The van der Waals surface area contributed by atoms with Gasteiger partial charge in [0, 0.05) is 47.0 Å². The highest BCUT2D eigenvalue weighted by Gasteiger charge is 2.17. The Kier molecular flexibility index (Phi) is 3.43. The Balaban J connectivity index is 1.49. The molecule has 0 unspecified atom stereocenters. The molecule has 0 aliphatic carbocycles. The average Bonchev–Trinajstić information content (AvgIpc) is 2.99. The summed E-state index contributed by atoms with van der Waals surface area (Å²) in [5, 5.41) is 5.78. The molecule has 3 aromatic rings. The summed E-state index contributed by atoms with van der Waals surface area (Å²) in [6, 6.07) is 16.6. The largest absolute Gasteiger partial charge is 0.368 e. The Morgan fingerprint density at radius 2 is 1.45 bits per heavy atom. The minimum atomic E-state index is 0.802. The summed E-state index contributed by atoms with van der Waals surface area (Å²) in [5.41, 5.74) is 1.21. The number of benzene rings is 2. The van der Waals surface area contributed by atoms with Crippen LogP contribution >= 0.6 is 11.6 Å². The van der Waals surface area contributed by atoms with Crippen molar-refractivity contribution in [3.63, 3.8) is 0 Å². The zero-order valence-electron chi connectivity index (χ0n) is 12.3. The highest BCUT2D eigenvalue weighted by molar-refractivity contribution is 6.30. The van der Waals surface area contributed by atoms with Gasteiger partial charge in [0.05, 0.1) is 13.1 Å². The second-order valence-corrected chi connectivity index (χ2v) is 6.12. The quantitative estimate of drug-likeness (QED) is 0.714. The Labute approximate surface area is 135 Å². The smallest absolute Gasteiger partial charge is 0.0520 e. The fourth-order valence-corrected chi connectivity index (χ4v) is 3.27. The van der Waals surface area contributed by atoms with Gasteiger partial charge in [-0.05, 0) is 18.2 Å². The Bertz CT molecular complexity index is 755. The maximum absolute atomic E-state index is 6.09. The van der Waals surface area contributed by atoms with Gasteiger partial charge in [-0.15, -0.1) is 0 Å². The van der Waals surface area contributed by atoms with E-state index in [4.69, 9.17) is 11.6 Å². The lowest BCUT2D eigenvalue weighted by Crippen LogP contribution is -2.50. The molecule has 0 amide bonds. The number of halogens is 1. The molecule has 3 nitrogen and oxygen atoms in total. The molecule has 22 heavy (non-hydrogen) atoms. The molecule has 1 aliphatic rings. The maximum atomic E-state index is 6.09. The topological polar surface area (TPSA) is 11.4 Å². The molecule has 2 heterocycles. The molecule has 2 aromatic carbocycles. The molecule has 0 saturated carbocycles. The van der Waals surface area contributed by atoms with E-state index in [1.807, 2.05) is 18.2 Å². The molecule has 4 heteroatoms. The van der Waals surface area contributed by atoms with Crippen LogP contribution in [0.15, 0.2) is 60.9 Å². The third kappa shape index (κ3) is 2.53. The zero-order chi connectivity index (χ0) is 14.9. The monoisotopic (exact) mass is 311 g/mol. The minimum Gasteiger partial charge on any atom is -0.368 e. The molecular formula is C18H18ClN3. The van der Waals surface area contributed by atoms with Crippen molar-refractivity contribution in [1.82, 2.24) is 4.68 Å². The zero-order valence-corrected chi connectivity index (χ0v) is 13.1. The second-order valence-electron chi connectivity index (χ2n) is 5.69. The van der Waals surface area contributed by atoms with Crippen molar-refractivity contribution in [3.8, 4) is 0 Å². The number of rotatable bonds is 2. The number of hydrogen-bond acceptors (Lipinski definition) is 2. The van der Waals surface area contributed by atoms with Crippen molar-refractivity contribution in [1.29, 1.82) is 0 Å². The van der Waals surface area contributed by atoms with Crippen LogP contribution in [0, 0.1) is 0 Å². The number of anilines is 1. The normalized spacial score (nSPS) is 15.5. The summed E-state index contributed by atoms with van der Waals surface area (Å²) < 4.78 is 2.24. The van der Waals surface area contributed by atoms with Crippen molar-refractivity contribution in [2.45, 2.75) is 0 Å². The van der Waals surface area contributed by atoms with Gasteiger partial charge < -0.3 is 9.91 Å².